The van der Waals surface area contributed by atoms with Crippen LogP contribution in [0.4, 0.5) is 23.7 Å². The monoisotopic (exact) mass is 544 g/mol. The molecule has 2 atom stereocenters. The summed E-state index contributed by atoms with van der Waals surface area (Å²) in [6.45, 7) is 4.11. The summed E-state index contributed by atoms with van der Waals surface area (Å²) in [4.78, 5) is 26.3. The first kappa shape index (κ1) is 26.3. The number of halogens is 4. The van der Waals surface area contributed by atoms with Crippen molar-refractivity contribution < 1.29 is 35.9 Å². The third-order valence-electron chi connectivity index (χ3n) is 6.33. The summed E-state index contributed by atoms with van der Waals surface area (Å²) in [6.07, 6.45) is 0.641. The van der Waals surface area contributed by atoms with Crippen molar-refractivity contribution in [1.82, 2.24) is 4.90 Å². The Morgan fingerprint density at radius 3 is 2.28 bits per heavy atom. The molecule has 3 aliphatic rings. The highest BCUT2D eigenvalue weighted by molar-refractivity contribution is 7.92. The molecule has 7 nitrogen and oxygen atoms in total. The average molecular weight is 545 g/mol. The highest BCUT2D eigenvalue weighted by atomic mass is 35.5. The lowest BCUT2D eigenvalue weighted by Crippen LogP contribution is -2.64. The molecule has 1 saturated carbocycles. The van der Waals surface area contributed by atoms with Crippen LogP contribution in [-0.4, -0.2) is 49.3 Å². The number of anilines is 1. The number of amides is 2. The third-order valence-corrected chi connectivity index (χ3v) is 8.99. The van der Waals surface area contributed by atoms with Crippen molar-refractivity contribution in [3.8, 4) is 0 Å². The van der Waals surface area contributed by atoms with Crippen LogP contribution in [0.5, 0.6) is 0 Å². The summed E-state index contributed by atoms with van der Waals surface area (Å²) in [5.41, 5.74) is -0.462. The first-order valence-electron chi connectivity index (χ1n) is 11.3. The Hall–Kier alpha value is -2.79. The van der Waals surface area contributed by atoms with E-state index in [2.05, 4.69) is 5.32 Å². The first-order valence-corrected chi connectivity index (χ1v) is 13.2. The first-order chi connectivity index (χ1) is 16.9. The maximum atomic E-state index is 13.5. The molecule has 0 aromatic heterocycles. The van der Waals surface area contributed by atoms with Crippen molar-refractivity contribution >= 4 is 39.1 Å². The van der Waals surface area contributed by atoms with E-state index in [9.17, 15) is 31.2 Å². The van der Waals surface area contributed by atoms with Gasteiger partial charge in [-0.15, -0.1) is 0 Å². The molecule has 2 aromatic rings. The van der Waals surface area contributed by atoms with E-state index in [0.717, 1.165) is 6.07 Å². The fraction of sp³-hybridized carbons (Fsp3) is 0.417. The van der Waals surface area contributed by atoms with Gasteiger partial charge in [0.2, 0.25) is 0 Å². The summed E-state index contributed by atoms with van der Waals surface area (Å²) in [5, 5.41) is 1.32. The van der Waals surface area contributed by atoms with E-state index >= 15 is 0 Å². The quantitative estimate of drug-likeness (QED) is 0.506. The van der Waals surface area contributed by atoms with Gasteiger partial charge < -0.3 is 15.0 Å². The minimum absolute atomic E-state index is 0.0853. The predicted molar refractivity (Wildman–Crippen MR) is 126 cm³/mol. The Morgan fingerprint density at radius 2 is 1.69 bits per heavy atom. The van der Waals surface area contributed by atoms with Crippen LogP contribution in [0, 0.1) is 23.4 Å². The molecule has 2 aromatic carbocycles. The SMILES string of the molecule is CC(C)COC(=O)N1C2CC1CC(S(=O)(=O)c1cc(C(=O)Nc3cc(F)c(F)c(F)c3)ccc1Cl)C2. The summed E-state index contributed by atoms with van der Waals surface area (Å²) >= 11 is 6.19. The molecule has 3 fully saturated rings. The zero-order chi connectivity index (χ0) is 26.4. The van der Waals surface area contributed by atoms with Gasteiger partial charge in [0, 0.05) is 35.5 Å². The van der Waals surface area contributed by atoms with Gasteiger partial charge in [-0.1, -0.05) is 25.4 Å². The topological polar surface area (TPSA) is 92.8 Å². The van der Waals surface area contributed by atoms with Crippen LogP contribution >= 0.6 is 11.6 Å². The molecule has 12 heteroatoms. The molecule has 5 rings (SSSR count). The molecule has 2 amide bonds. The molecule has 2 heterocycles. The summed E-state index contributed by atoms with van der Waals surface area (Å²) < 4.78 is 72.3. The Morgan fingerprint density at radius 1 is 1.08 bits per heavy atom. The lowest BCUT2D eigenvalue weighted by atomic mass is 9.80. The normalized spacial score (nSPS) is 21.2. The van der Waals surface area contributed by atoms with E-state index in [1.54, 1.807) is 4.90 Å². The van der Waals surface area contributed by atoms with Crippen molar-refractivity contribution in [2.45, 2.75) is 55.3 Å². The molecule has 2 bridgehead atoms. The molecular weight excluding hydrogens is 521 g/mol. The van der Waals surface area contributed by atoms with Crippen LogP contribution in [0.15, 0.2) is 35.2 Å². The van der Waals surface area contributed by atoms with Gasteiger partial charge in [0.25, 0.3) is 5.91 Å². The molecule has 0 spiro atoms. The van der Waals surface area contributed by atoms with E-state index < -0.39 is 44.5 Å². The molecule has 36 heavy (non-hydrogen) atoms. The van der Waals surface area contributed by atoms with Gasteiger partial charge in [-0.25, -0.2) is 26.4 Å². The number of nitrogens with zero attached hydrogens (tertiary/aromatic N) is 1. The van der Waals surface area contributed by atoms with E-state index in [0.29, 0.717) is 18.6 Å². The number of hydrogen-bond donors (Lipinski definition) is 1. The number of rotatable bonds is 6. The smallest absolute Gasteiger partial charge is 0.410 e. The zero-order valence-electron chi connectivity index (χ0n) is 19.4. The Kier molecular flexibility index (Phi) is 7.25. The molecule has 2 aliphatic heterocycles. The maximum Gasteiger partial charge on any atom is 0.410 e. The van der Waals surface area contributed by atoms with Gasteiger partial charge in [0.05, 0.1) is 21.8 Å². The van der Waals surface area contributed by atoms with E-state index in [-0.39, 0.29) is 58.6 Å². The number of carbonyl (C=O) groups excluding carboxylic acids is 2. The van der Waals surface area contributed by atoms with Crippen LogP contribution in [0.1, 0.15) is 43.5 Å². The lowest BCUT2D eigenvalue weighted by molar-refractivity contribution is -0.0252. The second kappa shape index (κ2) is 9.93. The predicted octanol–water partition coefficient (Wildman–Crippen LogP) is 5.18. The molecule has 0 radical (unpaired) electrons. The van der Waals surface area contributed by atoms with Crippen molar-refractivity contribution in [1.29, 1.82) is 0 Å². The number of benzene rings is 2. The lowest BCUT2D eigenvalue weighted by Gasteiger charge is -2.54. The van der Waals surface area contributed by atoms with E-state index in [1.807, 2.05) is 13.8 Å². The summed E-state index contributed by atoms with van der Waals surface area (Å²) in [6, 6.07) is 4.28. The van der Waals surface area contributed by atoms with E-state index in [4.69, 9.17) is 16.3 Å². The Bertz CT molecular complexity index is 1290. The molecule has 2 saturated heterocycles. The van der Waals surface area contributed by atoms with E-state index in [1.165, 1.54) is 12.1 Å². The van der Waals surface area contributed by atoms with Gasteiger partial charge in [-0.3, -0.25) is 4.79 Å². The number of sulfone groups is 1. The number of carbonyl (C=O) groups is 2. The highest BCUT2D eigenvalue weighted by Crippen LogP contribution is 2.43. The number of ether oxygens (including phenoxy) is 1. The van der Waals surface area contributed by atoms with Crippen LogP contribution in [-0.2, 0) is 14.6 Å². The molecular formula is C24H24ClF3N2O5S. The fourth-order valence-corrected chi connectivity index (χ4v) is 6.94. The van der Waals surface area contributed by atoms with Crippen molar-refractivity contribution in [3.05, 3.63) is 58.4 Å². The van der Waals surface area contributed by atoms with Crippen molar-refractivity contribution in [2.24, 2.45) is 5.92 Å². The number of nitrogens with one attached hydrogen (secondary N) is 1. The number of hydrogen-bond acceptors (Lipinski definition) is 5. The molecule has 2 unspecified atom stereocenters. The highest BCUT2D eigenvalue weighted by Gasteiger charge is 2.52. The molecule has 1 N–H and O–H groups in total. The summed E-state index contributed by atoms with van der Waals surface area (Å²) in [7, 11) is -3.98. The molecule has 194 valence electrons. The van der Waals surface area contributed by atoms with Gasteiger partial charge in [0.15, 0.2) is 27.3 Å². The second-order valence-corrected chi connectivity index (χ2v) is 12.0. The second-order valence-electron chi connectivity index (χ2n) is 9.41. The minimum atomic E-state index is -3.98. The fourth-order valence-electron chi connectivity index (χ4n) is 4.56. The van der Waals surface area contributed by atoms with Crippen LogP contribution in [0.25, 0.3) is 0 Å². The van der Waals surface area contributed by atoms with Gasteiger partial charge in [0.1, 0.15) is 0 Å². The van der Waals surface area contributed by atoms with Crippen LogP contribution < -0.4 is 5.32 Å². The molecule has 1 aliphatic carbocycles. The van der Waals surface area contributed by atoms with Crippen molar-refractivity contribution in [2.75, 3.05) is 11.9 Å². The Labute approximate surface area is 211 Å². The standard InChI is InChI=1S/C24H24ClF3N2O5S/c1-12(2)11-35-24(32)30-15-8-16(30)10-17(9-15)36(33,34)21-5-13(3-4-18(21)25)23(31)29-14-6-19(26)22(28)20(27)7-14/h3-7,12,15-17H,8-11H2,1-2H3,(H,29,31). The van der Waals surface area contributed by atoms with Gasteiger partial charge in [-0.05, 0) is 43.4 Å². The zero-order valence-corrected chi connectivity index (χ0v) is 21.0. The number of fused-ring (bicyclic) bond motifs is 2. The minimum Gasteiger partial charge on any atom is -0.449 e. The average Bonchev–Trinajstić information content (AvgIpc) is 2.81. The van der Waals surface area contributed by atoms with Gasteiger partial charge >= 0.3 is 6.09 Å². The largest absolute Gasteiger partial charge is 0.449 e. The summed E-state index contributed by atoms with van der Waals surface area (Å²) in [5.74, 6) is -5.33. The van der Waals surface area contributed by atoms with Crippen LogP contribution in [0.3, 0.4) is 0 Å². The van der Waals surface area contributed by atoms with Gasteiger partial charge in [-0.2, -0.15) is 0 Å². The number of piperidine rings is 1. The van der Waals surface area contributed by atoms with Crippen molar-refractivity contribution in [3.63, 3.8) is 0 Å². The third kappa shape index (κ3) is 5.04. The maximum absolute atomic E-state index is 13.5. The van der Waals surface area contributed by atoms with Crippen LogP contribution in [0.2, 0.25) is 5.02 Å². The Balaban J connectivity index is 1.50.